The van der Waals surface area contributed by atoms with E-state index in [1.54, 1.807) is 6.07 Å². The third kappa shape index (κ3) is 2.90. The van der Waals surface area contributed by atoms with E-state index >= 15 is 0 Å². The first-order valence-corrected chi connectivity index (χ1v) is 5.21. The van der Waals surface area contributed by atoms with Crippen molar-refractivity contribution < 1.29 is 13.2 Å². The number of benzene rings is 1. The average Bonchev–Trinajstić information content (AvgIpc) is 2.17. The van der Waals surface area contributed by atoms with Gasteiger partial charge < -0.3 is 0 Å². The van der Waals surface area contributed by atoms with E-state index in [0.29, 0.717) is 10.6 Å². The molecule has 5 heteroatoms. The molecule has 0 aromatic heterocycles. The normalized spacial score (nSPS) is 11.1. The molecule has 0 radical (unpaired) electrons. The maximum Gasteiger partial charge on any atom is 0.417 e. The smallest absolute Gasteiger partial charge is 0.192 e. The van der Waals surface area contributed by atoms with Crippen molar-refractivity contribution in [2.75, 3.05) is 5.75 Å². The summed E-state index contributed by atoms with van der Waals surface area (Å²) in [5.41, 5.74) is -1.19. The van der Waals surface area contributed by atoms with Gasteiger partial charge in [-0.25, -0.2) is 0 Å². The van der Waals surface area contributed by atoms with Crippen LogP contribution in [0.3, 0.4) is 0 Å². The average molecular weight is 231 g/mol. The quantitative estimate of drug-likeness (QED) is 0.725. The molecule has 0 aliphatic rings. The number of halogens is 3. The van der Waals surface area contributed by atoms with Crippen LogP contribution in [0.4, 0.5) is 13.2 Å². The summed E-state index contributed by atoms with van der Waals surface area (Å²) in [5, 5.41) is 8.55. The Morgan fingerprint density at radius 1 is 1.40 bits per heavy atom. The standard InChI is InChI=1S/C10H8F3NS/c1-2-15-8-4-3-7(6-14)9(5-8)10(11,12)13/h3-5H,2H2,1H3. The second kappa shape index (κ2) is 4.58. The number of thioether (sulfide) groups is 1. The first kappa shape index (κ1) is 11.9. The second-order valence-corrected chi connectivity index (χ2v) is 4.09. The fourth-order valence-electron chi connectivity index (χ4n) is 1.11. The molecule has 1 aromatic carbocycles. The van der Waals surface area contributed by atoms with Crippen LogP contribution in [0.5, 0.6) is 0 Å². The van der Waals surface area contributed by atoms with Gasteiger partial charge in [0.15, 0.2) is 0 Å². The van der Waals surface area contributed by atoms with Crippen molar-refractivity contribution in [3.63, 3.8) is 0 Å². The van der Waals surface area contributed by atoms with Crippen molar-refractivity contribution in [3.8, 4) is 6.07 Å². The summed E-state index contributed by atoms with van der Waals surface area (Å²) in [6.07, 6.45) is -4.46. The van der Waals surface area contributed by atoms with Gasteiger partial charge in [0.25, 0.3) is 0 Å². The van der Waals surface area contributed by atoms with E-state index in [2.05, 4.69) is 0 Å². The van der Waals surface area contributed by atoms with Crippen LogP contribution in [0.25, 0.3) is 0 Å². The number of nitriles is 1. The van der Waals surface area contributed by atoms with Gasteiger partial charge in [-0.1, -0.05) is 6.92 Å². The predicted octanol–water partition coefficient (Wildman–Crippen LogP) is 3.69. The molecule has 0 bridgehead atoms. The molecule has 1 nitrogen and oxygen atoms in total. The summed E-state index contributed by atoms with van der Waals surface area (Å²) in [6, 6.07) is 5.30. The summed E-state index contributed by atoms with van der Waals surface area (Å²) in [6.45, 7) is 1.86. The molecule has 0 fully saturated rings. The van der Waals surface area contributed by atoms with E-state index in [-0.39, 0.29) is 5.56 Å². The molecule has 0 aliphatic carbocycles. The van der Waals surface area contributed by atoms with Crippen LogP contribution in [0.15, 0.2) is 23.1 Å². The van der Waals surface area contributed by atoms with Crippen LogP contribution in [-0.4, -0.2) is 5.75 Å². The summed E-state index contributed by atoms with van der Waals surface area (Å²) in [5.74, 6) is 0.698. The molecule has 0 heterocycles. The number of hydrogen-bond donors (Lipinski definition) is 0. The molecular weight excluding hydrogens is 223 g/mol. The molecule has 0 atom stereocenters. The molecule has 0 unspecified atom stereocenters. The maximum atomic E-state index is 12.5. The lowest BCUT2D eigenvalue weighted by Gasteiger charge is -2.09. The summed E-state index contributed by atoms with van der Waals surface area (Å²) < 4.78 is 37.5. The zero-order chi connectivity index (χ0) is 11.5. The van der Waals surface area contributed by atoms with Crippen molar-refractivity contribution in [2.45, 2.75) is 18.0 Å². The first-order valence-electron chi connectivity index (χ1n) is 4.23. The minimum Gasteiger partial charge on any atom is -0.192 e. The Hall–Kier alpha value is -1.15. The van der Waals surface area contributed by atoms with Crippen LogP contribution in [-0.2, 0) is 6.18 Å². The molecule has 0 saturated heterocycles. The molecule has 0 aliphatic heterocycles. The first-order chi connectivity index (χ1) is 6.99. The van der Waals surface area contributed by atoms with Gasteiger partial charge in [0.2, 0.25) is 0 Å². The topological polar surface area (TPSA) is 23.8 Å². The Bertz CT molecular complexity index is 393. The Balaban J connectivity index is 3.21. The molecule has 0 saturated carbocycles. The van der Waals surface area contributed by atoms with E-state index in [1.165, 1.54) is 23.9 Å². The third-order valence-corrected chi connectivity index (χ3v) is 2.60. The van der Waals surface area contributed by atoms with E-state index < -0.39 is 11.7 Å². The highest BCUT2D eigenvalue weighted by Crippen LogP contribution is 2.34. The highest BCUT2D eigenvalue weighted by atomic mass is 32.2. The third-order valence-electron chi connectivity index (χ3n) is 1.73. The van der Waals surface area contributed by atoms with Gasteiger partial charge in [0.05, 0.1) is 17.2 Å². The Kier molecular flexibility index (Phi) is 3.64. The van der Waals surface area contributed by atoms with Crippen molar-refractivity contribution in [2.24, 2.45) is 0 Å². The van der Waals surface area contributed by atoms with Gasteiger partial charge in [0.1, 0.15) is 0 Å². The van der Waals surface area contributed by atoms with Crippen molar-refractivity contribution >= 4 is 11.8 Å². The second-order valence-electron chi connectivity index (χ2n) is 2.75. The number of alkyl halides is 3. The van der Waals surface area contributed by atoms with Gasteiger partial charge in [-0.05, 0) is 24.0 Å². The summed E-state index contributed by atoms with van der Waals surface area (Å²) in [7, 11) is 0. The van der Waals surface area contributed by atoms with E-state index in [9.17, 15) is 13.2 Å². The summed E-state index contributed by atoms with van der Waals surface area (Å²) >= 11 is 1.32. The Morgan fingerprint density at radius 2 is 2.07 bits per heavy atom. The zero-order valence-electron chi connectivity index (χ0n) is 7.93. The van der Waals surface area contributed by atoms with E-state index in [0.717, 1.165) is 6.07 Å². The monoisotopic (exact) mass is 231 g/mol. The van der Waals surface area contributed by atoms with Crippen molar-refractivity contribution in [1.82, 2.24) is 0 Å². The largest absolute Gasteiger partial charge is 0.417 e. The molecule has 80 valence electrons. The van der Waals surface area contributed by atoms with Gasteiger partial charge in [0, 0.05) is 4.90 Å². The molecule has 0 N–H and O–H groups in total. The predicted molar refractivity (Wildman–Crippen MR) is 52.6 cm³/mol. The SMILES string of the molecule is CCSc1ccc(C#N)c(C(F)(F)F)c1. The van der Waals surface area contributed by atoms with Gasteiger partial charge in [-0.2, -0.15) is 18.4 Å². The molecular formula is C10H8F3NS. The molecule has 0 spiro atoms. The maximum absolute atomic E-state index is 12.5. The lowest BCUT2D eigenvalue weighted by atomic mass is 10.1. The molecule has 1 rings (SSSR count). The van der Waals surface area contributed by atoms with Gasteiger partial charge >= 0.3 is 6.18 Å². The highest BCUT2D eigenvalue weighted by Gasteiger charge is 2.33. The summed E-state index contributed by atoms with van der Waals surface area (Å²) in [4.78, 5) is 0.531. The number of hydrogen-bond acceptors (Lipinski definition) is 2. The van der Waals surface area contributed by atoms with Crippen molar-refractivity contribution in [1.29, 1.82) is 5.26 Å². The van der Waals surface area contributed by atoms with Gasteiger partial charge in [-0.3, -0.25) is 0 Å². The lowest BCUT2D eigenvalue weighted by molar-refractivity contribution is -0.137. The number of rotatable bonds is 2. The van der Waals surface area contributed by atoms with Crippen LogP contribution in [0.1, 0.15) is 18.1 Å². The lowest BCUT2D eigenvalue weighted by Crippen LogP contribution is -2.07. The zero-order valence-corrected chi connectivity index (χ0v) is 8.75. The van der Waals surface area contributed by atoms with Crippen LogP contribution < -0.4 is 0 Å². The molecule has 15 heavy (non-hydrogen) atoms. The van der Waals surface area contributed by atoms with Crippen LogP contribution in [0, 0.1) is 11.3 Å². The Morgan fingerprint density at radius 3 is 2.53 bits per heavy atom. The van der Waals surface area contributed by atoms with E-state index in [1.807, 2.05) is 6.92 Å². The fourth-order valence-corrected chi connectivity index (χ4v) is 1.81. The minimum atomic E-state index is -4.46. The van der Waals surface area contributed by atoms with Crippen molar-refractivity contribution in [3.05, 3.63) is 29.3 Å². The minimum absolute atomic E-state index is 0.331. The highest BCUT2D eigenvalue weighted by molar-refractivity contribution is 7.99. The van der Waals surface area contributed by atoms with Crippen LogP contribution in [0.2, 0.25) is 0 Å². The van der Waals surface area contributed by atoms with Gasteiger partial charge in [-0.15, -0.1) is 11.8 Å². The molecule has 1 aromatic rings. The van der Waals surface area contributed by atoms with Crippen LogP contribution >= 0.6 is 11.8 Å². The fraction of sp³-hybridized carbons (Fsp3) is 0.300. The number of nitrogens with zero attached hydrogens (tertiary/aromatic N) is 1. The Labute approximate surface area is 89.9 Å². The van der Waals surface area contributed by atoms with E-state index in [4.69, 9.17) is 5.26 Å². The molecule has 0 amide bonds.